The Morgan fingerprint density at radius 1 is 1.40 bits per heavy atom. The van der Waals surface area contributed by atoms with Crippen molar-refractivity contribution in [3.63, 3.8) is 0 Å². The van der Waals surface area contributed by atoms with Crippen LogP contribution in [0, 0.1) is 11.8 Å². The van der Waals surface area contributed by atoms with Crippen molar-refractivity contribution >= 4 is 5.97 Å². The molecular weight excluding hydrogens is 188 g/mol. The normalized spacial score (nSPS) is 9.13. The van der Waals surface area contributed by atoms with Gasteiger partial charge in [0.15, 0.2) is 0 Å². The second-order valence-corrected chi connectivity index (χ2v) is 3.28. The van der Waals surface area contributed by atoms with Crippen molar-refractivity contribution in [1.29, 1.82) is 0 Å². The van der Waals surface area contributed by atoms with Gasteiger partial charge in [-0.05, 0) is 18.1 Å². The van der Waals surface area contributed by atoms with E-state index < -0.39 is 5.97 Å². The Hall–Kier alpha value is -1.75. The lowest BCUT2D eigenvalue weighted by Crippen LogP contribution is -2.01. The number of aliphatic carboxylic acids is 1. The Bertz CT molecular complexity index is 396. The summed E-state index contributed by atoms with van der Waals surface area (Å²) in [5, 5.41) is 8.71. The van der Waals surface area contributed by atoms with E-state index in [1.165, 1.54) is 0 Å². The summed E-state index contributed by atoms with van der Waals surface area (Å²) < 4.78 is 0. The zero-order valence-electron chi connectivity index (χ0n) is 8.79. The average Bonchev–Trinajstić information content (AvgIpc) is 2.20. The molecule has 2 heteroatoms. The van der Waals surface area contributed by atoms with Crippen molar-refractivity contribution < 1.29 is 9.90 Å². The van der Waals surface area contributed by atoms with Crippen molar-refractivity contribution in [3.05, 3.63) is 35.4 Å². The van der Waals surface area contributed by atoms with Crippen molar-refractivity contribution in [1.82, 2.24) is 0 Å². The molecule has 0 amide bonds. The molecule has 0 bridgehead atoms. The molecule has 0 aliphatic heterocycles. The molecule has 1 rings (SSSR count). The van der Waals surface area contributed by atoms with E-state index in [-0.39, 0.29) is 6.42 Å². The fourth-order valence-corrected chi connectivity index (χ4v) is 1.24. The van der Waals surface area contributed by atoms with Crippen LogP contribution in [0.5, 0.6) is 0 Å². The van der Waals surface area contributed by atoms with Crippen molar-refractivity contribution in [2.45, 2.75) is 26.2 Å². The highest BCUT2D eigenvalue weighted by atomic mass is 16.4. The molecule has 1 aromatic rings. The van der Waals surface area contributed by atoms with Crippen LogP contribution in [0.15, 0.2) is 24.3 Å². The molecule has 0 unspecified atom stereocenters. The van der Waals surface area contributed by atoms with E-state index in [1.807, 2.05) is 24.3 Å². The minimum atomic E-state index is -0.820. The fraction of sp³-hybridized carbons (Fsp3) is 0.308. The molecule has 0 aliphatic rings. The molecule has 1 aromatic carbocycles. The number of hydrogen-bond donors (Lipinski definition) is 1. The van der Waals surface area contributed by atoms with Gasteiger partial charge in [-0.25, -0.2) is 0 Å². The number of carboxylic acids is 1. The smallest absolute Gasteiger partial charge is 0.307 e. The van der Waals surface area contributed by atoms with Gasteiger partial charge in [-0.15, -0.1) is 0 Å². The minimum Gasteiger partial charge on any atom is -0.481 e. The lowest BCUT2D eigenvalue weighted by molar-refractivity contribution is -0.136. The van der Waals surface area contributed by atoms with E-state index in [1.54, 1.807) is 0 Å². The van der Waals surface area contributed by atoms with Crippen LogP contribution >= 0.6 is 0 Å². The molecule has 0 aliphatic carbocycles. The van der Waals surface area contributed by atoms with Gasteiger partial charge in [-0.2, -0.15) is 0 Å². The summed E-state index contributed by atoms with van der Waals surface area (Å²) in [6, 6.07) is 7.38. The predicted molar refractivity (Wildman–Crippen MR) is 59.6 cm³/mol. The molecule has 1 N–H and O–H groups in total. The number of unbranched alkanes of at least 4 members (excludes halogenated alkanes) is 1. The maximum Gasteiger partial charge on any atom is 0.307 e. The lowest BCUT2D eigenvalue weighted by atomic mass is 10.0. The van der Waals surface area contributed by atoms with Gasteiger partial charge in [-0.1, -0.05) is 37.0 Å². The van der Waals surface area contributed by atoms with E-state index in [4.69, 9.17) is 5.11 Å². The largest absolute Gasteiger partial charge is 0.481 e. The summed E-state index contributed by atoms with van der Waals surface area (Å²) >= 11 is 0. The predicted octanol–water partition coefficient (Wildman–Crippen LogP) is 2.47. The summed E-state index contributed by atoms with van der Waals surface area (Å²) in [5.74, 6) is 5.21. The Labute approximate surface area is 89.9 Å². The number of hydrogen-bond acceptors (Lipinski definition) is 1. The Morgan fingerprint density at radius 3 is 2.80 bits per heavy atom. The van der Waals surface area contributed by atoms with Gasteiger partial charge >= 0.3 is 5.97 Å². The maximum atomic E-state index is 10.6. The third-order valence-corrected chi connectivity index (χ3v) is 1.96. The van der Waals surface area contributed by atoms with Crippen molar-refractivity contribution in [2.75, 3.05) is 0 Å². The van der Waals surface area contributed by atoms with Crippen LogP contribution in [0.25, 0.3) is 0 Å². The summed E-state index contributed by atoms with van der Waals surface area (Å²) in [6.45, 7) is 2.07. The molecule has 0 radical (unpaired) electrons. The van der Waals surface area contributed by atoms with Crippen LogP contribution in [-0.4, -0.2) is 11.1 Å². The third kappa shape index (κ3) is 3.86. The first kappa shape index (κ1) is 11.3. The van der Waals surface area contributed by atoms with Crippen LogP contribution in [0.2, 0.25) is 0 Å². The van der Waals surface area contributed by atoms with Crippen molar-refractivity contribution in [3.8, 4) is 11.8 Å². The molecule has 0 saturated heterocycles. The van der Waals surface area contributed by atoms with Gasteiger partial charge in [0.05, 0.1) is 6.42 Å². The highest BCUT2D eigenvalue weighted by molar-refractivity contribution is 5.71. The monoisotopic (exact) mass is 202 g/mol. The van der Waals surface area contributed by atoms with Crippen LogP contribution < -0.4 is 0 Å². The van der Waals surface area contributed by atoms with Crippen LogP contribution in [0.1, 0.15) is 30.9 Å². The molecule has 0 atom stereocenters. The molecule has 0 spiro atoms. The highest BCUT2D eigenvalue weighted by Crippen LogP contribution is 2.08. The van der Waals surface area contributed by atoms with E-state index in [0.717, 1.165) is 24.0 Å². The lowest BCUT2D eigenvalue weighted by Gasteiger charge is -1.99. The highest BCUT2D eigenvalue weighted by Gasteiger charge is 2.03. The molecule has 0 heterocycles. The van der Waals surface area contributed by atoms with Gasteiger partial charge in [0.25, 0.3) is 0 Å². The van der Waals surface area contributed by atoms with E-state index >= 15 is 0 Å². The summed E-state index contributed by atoms with van der Waals surface area (Å²) in [7, 11) is 0. The van der Waals surface area contributed by atoms with Gasteiger partial charge in [0.2, 0.25) is 0 Å². The quantitative estimate of drug-likeness (QED) is 0.764. The van der Waals surface area contributed by atoms with Gasteiger partial charge in [-0.3, -0.25) is 4.79 Å². The van der Waals surface area contributed by atoms with Gasteiger partial charge < -0.3 is 5.11 Å². The Balaban J connectivity index is 2.87. The standard InChI is InChI=1S/C13H14O2/c1-2-3-4-7-11-8-5-6-9-12(11)10-13(14)15/h5-6,8-9H,2-3,10H2,1H3,(H,14,15). The van der Waals surface area contributed by atoms with Gasteiger partial charge in [0.1, 0.15) is 0 Å². The minimum absolute atomic E-state index is 0.0387. The first-order valence-electron chi connectivity index (χ1n) is 5.02. The Kier molecular flexibility index (Phi) is 4.43. The first-order chi connectivity index (χ1) is 7.24. The van der Waals surface area contributed by atoms with Crippen LogP contribution in [0.4, 0.5) is 0 Å². The second kappa shape index (κ2) is 5.87. The van der Waals surface area contributed by atoms with E-state index in [9.17, 15) is 4.79 Å². The van der Waals surface area contributed by atoms with Crippen molar-refractivity contribution in [2.24, 2.45) is 0 Å². The van der Waals surface area contributed by atoms with E-state index in [0.29, 0.717) is 0 Å². The number of carboxylic acid groups (broad SMARTS) is 1. The molecule has 15 heavy (non-hydrogen) atoms. The molecule has 0 saturated carbocycles. The number of rotatable bonds is 3. The number of benzene rings is 1. The molecular formula is C13H14O2. The maximum absolute atomic E-state index is 10.6. The third-order valence-electron chi connectivity index (χ3n) is 1.96. The zero-order valence-corrected chi connectivity index (χ0v) is 8.79. The van der Waals surface area contributed by atoms with Crippen LogP contribution in [-0.2, 0) is 11.2 Å². The number of carbonyl (C=O) groups is 1. The summed E-state index contributed by atoms with van der Waals surface area (Å²) in [4.78, 5) is 10.6. The van der Waals surface area contributed by atoms with E-state index in [2.05, 4.69) is 18.8 Å². The topological polar surface area (TPSA) is 37.3 Å². The summed E-state index contributed by atoms with van der Waals surface area (Å²) in [6.07, 6.45) is 1.91. The van der Waals surface area contributed by atoms with Crippen LogP contribution in [0.3, 0.4) is 0 Å². The molecule has 78 valence electrons. The molecule has 0 aromatic heterocycles. The fourth-order valence-electron chi connectivity index (χ4n) is 1.24. The first-order valence-corrected chi connectivity index (χ1v) is 5.02. The second-order valence-electron chi connectivity index (χ2n) is 3.28. The SMILES string of the molecule is CCCC#Cc1ccccc1CC(=O)O. The average molecular weight is 202 g/mol. The summed E-state index contributed by atoms with van der Waals surface area (Å²) in [5.41, 5.74) is 1.61. The zero-order chi connectivity index (χ0) is 11.1. The molecule has 0 fully saturated rings. The van der Waals surface area contributed by atoms with Gasteiger partial charge in [0, 0.05) is 12.0 Å². The molecule has 2 nitrogen and oxygen atoms in total. The Morgan fingerprint density at radius 2 is 2.13 bits per heavy atom.